The lowest BCUT2D eigenvalue weighted by Gasteiger charge is -2.41. The monoisotopic (exact) mass is 255 g/mol. The highest BCUT2D eigenvalue weighted by Gasteiger charge is 2.33. The number of carbonyl (C=O) groups excluding carboxylic acids is 1. The molecule has 0 bridgehead atoms. The summed E-state index contributed by atoms with van der Waals surface area (Å²) in [7, 11) is 0. The number of nitrogens with two attached hydrogens (primary N) is 1. The Balaban J connectivity index is 2.68. The lowest BCUT2D eigenvalue weighted by molar-refractivity contribution is -0.129. The van der Waals surface area contributed by atoms with E-state index in [1.807, 2.05) is 34.6 Å². The summed E-state index contributed by atoms with van der Waals surface area (Å²) in [6, 6.07) is 0.357. The van der Waals surface area contributed by atoms with Gasteiger partial charge in [0.15, 0.2) is 0 Å². The first-order valence-electron chi connectivity index (χ1n) is 7.06. The quantitative estimate of drug-likeness (QED) is 0.803. The molecule has 18 heavy (non-hydrogen) atoms. The van der Waals surface area contributed by atoms with Gasteiger partial charge < -0.3 is 11.1 Å². The molecule has 0 radical (unpaired) electrons. The molecule has 106 valence electrons. The fourth-order valence-electron chi connectivity index (χ4n) is 2.65. The third kappa shape index (κ3) is 4.25. The number of hydrogen-bond acceptors (Lipinski definition) is 3. The molecule has 1 amide bonds. The van der Waals surface area contributed by atoms with Crippen LogP contribution in [0.2, 0.25) is 0 Å². The first kappa shape index (κ1) is 15.4. The smallest absolute Gasteiger partial charge is 0.237 e. The van der Waals surface area contributed by atoms with Crippen molar-refractivity contribution < 1.29 is 4.79 Å². The van der Waals surface area contributed by atoms with E-state index in [0.29, 0.717) is 6.04 Å². The Morgan fingerprint density at radius 1 is 1.33 bits per heavy atom. The summed E-state index contributed by atoms with van der Waals surface area (Å²) in [5.74, 6) is 0.107. The molecule has 4 nitrogen and oxygen atoms in total. The van der Waals surface area contributed by atoms with Crippen LogP contribution in [0, 0.1) is 0 Å². The van der Waals surface area contributed by atoms with Crippen LogP contribution < -0.4 is 11.1 Å². The van der Waals surface area contributed by atoms with E-state index in [2.05, 4.69) is 10.2 Å². The van der Waals surface area contributed by atoms with Gasteiger partial charge in [0.2, 0.25) is 5.91 Å². The average Bonchev–Trinajstić information content (AvgIpc) is 2.25. The van der Waals surface area contributed by atoms with Gasteiger partial charge >= 0.3 is 0 Å². The van der Waals surface area contributed by atoms with Crippen molar-refractivity contribution in [2.75, 3.05) is 6.54 Å². The zero-order valence-electron chi connectivity index (χ0n) is 12.5. The summed E-state index contributed by atoms with van der Waals surface area (Å²) in [6.07, 6.45) is 3.48. The number of likely N-dealkylation sites (tertiary alicyclic amines) is 1. The molecule has 1 aliphatic heterocycles. The molecule has 1 rings (SSSR count). The van der Waals surface area contributed by atoms with Gasteiger partial charge in [0.25, 0.3) is 0 Å². The minimum atomic E-state index is -0.176. The van der Waals surface area contributed by atoms with Crippen LogP contribution in [0.1, 0.15) is 53.9 Å². The second-order valence-electron chi connectivity index (χ2n) is 6.58. The highest BCUT2D eigenvalue weighted by molar-refractivity contribution is 5.82. The summed E-state index contributed by atoms with van der Waals surface area (Å²) < 4.78 is 0. The SMILES string of the molecule is CC(N)C1CCCCN1C(C)C(=O)NC(C)(C)C. The molecule has 1 saturated heterocycles. The maximum Gasteiger partial charge on any atom is 0.237 e. The molecule has 0 aromatic rings. The zero-order chi connectivity index (χ0) is 13.9. The lowest BCUT2D eigenvalue weighted by Crippen LogP contribution is -2.58. The molecule has 1 aliphatic rings. The number of piperidine rings is 1. The fourth-order valence-corrected chi connectivity index (χ4v) is 2.65. The molecule has 0 aromatic carbocycles. The lowest BCUT2D eigenvalue weighted by atomic mass is 9.95. The van der Waals surface area contributed by atoms with Gasteiger partial charge in [0.1, 0.15) is 0 Å². The van der Waals surface area contributed by atoms with Crippen molar-refractivity contribution in [1.82, 2.24) is 10.2 Å². The van der Waals surface area contributed by atoms with Gasteiger partial charge in [-0.3, -0.25) is 9.69 Å². The molecular formula is C14H29N3O. The number of nitrogens with zero attached hydrogens (tertiary/aromatic N) is 1. The van der Waals surface area contributed by atoms with Crippen LogP contribution in [0.4, 0.5) is 0 Å². The van der Waals surface area contributed by atoms with E-state index >= 15 is 0 Å². The standard InChI is InChI=1S/C14H29N3O/c1-10(15)12-8-6-7-9-17(12)11(2)13(18)16-14(3,4)5/h10-12H,6-9,15H2,1-5H3,(H,16,18). The van der Waals surface area contributed by atoms with E-state index in [0.717, 1.165) is 19.4 Å². The second kappa shape index (κ2) is 6.02. The molecule has 0 saturated carbocycles. The molecule has 0 aliphatic carbocycles. The van der Waals surface area contributed by atoms with Crippen molar-refractivity contribution in [3.63, 3.8) is 0 Å². The summed E-state index contributed by atoms with van der Waals surface area (Å²) in [6.45, 7) is 11.0. The normalized spacial score (nSPS) is 25.6. The van der Waals surface area contributed by atoms with E-state index < -0.39 is 0 Å². The van der Waals surface area contributed by atoms with Crippen LogP contribution in [-0.4, -0.2) is 41.0 Å². The van der Waals surface area contributed by atoms with Crippen LogP contribution in [-0.2, 0) is 4.79 Å². The molecule has 3 unspecified atom stereocenters. The Morgan fingerprint density at radius 3 is 2.44 bits per heavy atom. The van der Waals surface area contributed by atoms with Crippen molar-refractivity contribution >= 4 is 5.91 Å². The highest BCUT2D eigenvalue weighted by Crippen LogP contribution is 2.21. The van der Waals surface area contributed by atoms with Gasteiger partial charge in [0.05, 0.1) is 6.04 Å². The Morgan fingerprint density at radius 2 is 1.94 bits per heavy atom. The largest absolute Gasteiger partial charge is 0.350 e. The third-order valence-electron chi connectivity index (χ3n) is 3.57. The van der Waals surface area contributed by atoms with E-state index in [4.69, 9.17) is 5.73 Å². The van der Waals surface area contributed by atoms with Crippen molar-refractivity contribution in [2.45, 2.75) is 77.5 Å². The minimum absolute atomic E-state index is 0.0967. The van der Waals surface area contributed by atoms with Gasteiger partial charge in [-0.2, -0.15) is 0 Å². The number of carbonyl (C=O) groups is 1. The first-order valence-corrected chi connectivity index (χ1v) is 7.06. The Labute approximate surface area is 111 Å². The summed E-state index contributed by atoms with van der Waals surface area (Å²) in [5, 5.41) is 3.05. The van der Waals surface area contributed by atoms with Gasteiger partial charge in [-0.1, -0.05) is 6.42 Å². The number of nitrogens with one attached hydrogen (secondary N) is 1. The van der Waals surface area contributed by atoms with E-state index in [1.54, 1.807) is 0 Å². The maximum atomic E-state index is 12.2. The average molecular weight is 255 g/mol. The predicted octanol–water partition coefficient (Wildman–Crippen LogP) is 1.49. The van der Waals surface area contributed by atoms with Crippen LogP contribution in [0.5, 0.6) is 0 Å². The van der Waals surface area contributed by atoms with Crippen molar-refractivity contribution in [3.8, 4) is 0 Å². The van der Waals surface area contributed by atoms with Crippen LogP contribution in [0.25, 0.3) is 0 Å². The first-order chi connectivity index (χ1) is 8.22. The molecule has 3 atom stereocenters. The summed E-state index contributed by atoms with van der Waals surface area (Å²) in [5.41, 5.74) is 5.87. The molecule has 1 heterocycles. The predicted molar refractivity (Wildman–Crippen MR) is 75.4 cm³/mol. The number of rotatable bonds is 3. The maximum absolute atomic E-state index is 12.2. The van der Waals surface area contributed by atoms with Gasteiger partial charge in [-0.05, 0) is 54.0 Å². The van der Waals surface area contributed by atoms with E-state index in [1.165, 1.54) is 6.42 Å². The van der Waals surface area contributed by atoms with Crippen molar-refractivity contribution in [2.24, 2.45) is 5.73 Å². The molecule has 4 heteroatoms. The highest BCUT2D eigenvalue weighted by atomic mass is 16.2. The van der Waals surface area contributed by atoms with Crippen molar-refractivity contribution in [3.05, 3.63) is 0 Å². The molecular weight excluding hydrogens is 226 g/mol. The Kier molecular flexibility index (Phi) is 5.17. The minimum Gasteiger partial charge on any atom is -0.350 e. The summed E-state index contributed by atoms with van der Waals surface area (Å²) in [4.78, 5) is 14.5. The van der Waals surface area contributed by atoms with Gasteiger partial charge in [-0.15, -0.1) is 0 Å². The van der Waals surface area contributed by atoms with Gasteiger partial charge in [-0.25, -0.2) is 0 Å². The Bertz CT molecular complexity index is 283. The molecule has 3 N–H and O–H groups in total. The van der Waals surface area contributed by atoms with Crippen LogP contribution in [0.15, 0.2) is 0 Å². The fraction of sp³-hybridized carbons (Fsp3) is 0.929. The second-order valence-corrected chi connectivity index (χ2v) is 6.58. The topological polar surface area (TPSA) is 58.4 Å². The third-order valence-corrected chi connectivity index (χ3v) is 3.57. The van der Waals surface area contributed by atoms with Crippen LogP contribution >= 0.6 is 0 Å². The summed E-state index contributed by atoms with van der Waals surface area (Å²) >= 11 is 0. The number of amides is 1. The van der Waals surface area contributed by atoms with Crippen LogP contribution in [0.3, 0.4) is 0 Å². The molecule has 0 aromatic heterocycles. The van der Waals surface area contributed by atoms with Gasteiger partial charge in [0, 0.05) is 17.6 Å². The van der Waals surface area contributed by atoms with Crippen molar-refractivity contribution in [1.29, 1.82) is 0 Å². The Hall–Kier alpha value is -0.610. The zero-order valence-corrected chi connectivity index (χ0v) is 12.5. The van der Waals surface area contributed by atoms with E-state index in [-0.39, 0.29) is 23.5 Å². The van der Waals surface area contributed by atoms with E-state index in [9.17, 15) is 4.79 Å². The molecule has 1 fully saturated rings. The number of hydrogen-bond donors (Lipinski definition) is 2. The molecule has 0 spiro atoms.